The van der Waals surface area contributed by atoms with Crippen LogP contribution < -0.4 is 11.1 Å². The normalized spacial score (nSPS) is 35.8. The van der Waals surface area contributed by atoms with Crippen LogP contribution in [0.15, 0.2) is 4.99 Å². The van der Waals surface area contributed by atoms with Crippen molar-refractivity contribution in [1.29, 1.82) is 0 Å². The lowest BCUT2D eigenvalue weighted by molar-refractivity contribution is 0.341. The summed E-state index contributed by atoms with van der Waals surface area (Å²) in [6, 6.07) is 0.596. The maximum atomic E-state index is 5.97. The van der Waals surface area contributed by atoms with Crippen molar-refractivity contribution in [1.82, 2.24) is 5.32 Å². The van der Waals surface area contributed by atoms with E-state index in [0.717, 1.165) is 24.3 Å². The van der Waals surface area contributed by atoms with E-state index in [0.29, 0.717) is 12.0 Å². The van der Waals surface area contributed by atoms with Crippen molar-refractivity contribution in [2.75, 3.05) is 6.54 Å². The largest absolute Gasteiger partial charge is 0.370 e. The molecule has 3 fully saturated rings. The van der Waals surface area contributed by atoms with E-state index in [-0.39, 0.29) is 24.0 Å². The second-order valence-corrected chi connectivity index (χ2v) is 6.29. The van der Waals surface area contributed by atoms with Crippen LogP contribution >= 0.6 is 24.0 Å². The van der Waals surface area contributed by atoms with Gasteiger partial charge in [-0.3, -0.25) is 4.99 Å². The van der Waals surface area contributed by atoms with Crippen molar-refractivity contribution < 1.29 is 0 Å². The molecule has 2 bridgehead atoms. The minimum Gasteiger partial charge on any atom is -0.370 e. The lowest BCUT2D eigenvalue weighted by Gasteiger charge is -2.20. The van der Waals surface area contributed by atoms with E-state index in [1.165, 1.54) is 51.4 Å². The number of nitrogens with two attached hydrogens (primary N) is 1. The molecule has 3 aliphatic rings. The number of hydrogen-bond acceptors (Lipinski definition) is 1. The lowest BCUT2D eigenvalue weighted by atomic mass is 9.89. The fraction of sp³-hybridized carbons (Fsp3) is 0.929. The van der Waals surface area contributed by atoms with Gasteiger partial charge in [0.1, 0.15) is 0 Å². The van der Waals surface area contributed by atoms with Gasteiger partial charge < -0.3 is 11.1 Å². The quantitative estimate of drug-likeness (QED) is 0.460. The van der Waals surface area contributed by atoms with Gasteiger partial charge in [-0.25, -0.2) is 0 Å². The number of rotatable bonds is 3. The predicted molar refractivity (Wildman–Crippen MR) is 86.2 cm³/mol. The molecule has 3 aliphatic carbocycles. The minimum absolute atomic E-state index is 0. The topological polar surface area (TPSA) is 50.4 Å². The third kappa shape index (κ3) is 3.31. The summed E-state index contributed by atoms with van der Waals surface area (Å²) in [5, 5.41) is 3.37. The smallest absolute Gasteiger partial charge is 0.188 e. The molecular weight excluding hydrogens is 337 g/mol. The third-order valence-electron chi connectivity index (χ3n) is 5.09. The zero-order valence-corrected chi connectivity index (χ0v) is 13.4. The van der Waals surface area contributed by atoms with E-state index in [2.05, 4.69) is 10.3 Å². The molecular formula is C14H26IN3. The molecule has 0 spiro atoms. The van der Waals surface area contributed by atoms with Crippen LogP contribution in [-0.4, -0.2) is 18.5 Å². The highest BCUT2D eigenvalue weighted by Gasteiger charge is 2.39. The number of nitrogens with one attached hydrogen (secondary N) is 1. The Bertz CT molecular complexity index is 299. The van der Waals surface area contributed by atoms with Gasteiger partial charge in [-0.1, -0.05) is 19.3 Å². The number of hydrogen-bond donors (Lipinski definition) is 2. The average molecular weight is 363 g/mol. The van der Waals surface area contributed by atoms with Crippen LogP contribution in [0.2, 0.25) is 0 Å². The van der Waals surface area contributed by atoms with Gasteiger partial charge in [0.05, 0.1) is 0 Å². The first-order chi connectivity index (χ1) is 8.31. The fourth-order valence-electron chi connectivity index (χ4n) is 4.14. The first kappa shape index (κ1) is 14.4. The van der Waals surface area contributed by atoms with Crippen molar-refractivity contribution in [3.63, 3.8) is 0 Å². The summed E-state index contributed by atoms with van der Waals surface area (Å²) in [4.78, 5) is 4.57. The first-order valence-electron chi connectivity index (χ1n) is 7.37. The Hall–Kier alpha value is 0. The molecule has 0 saturated heterocycles. The van der Waals surface area contributed by atoms with E-state index >= 15 is 0 Å². The molecule has 3 N–H and O–H groups in total. The molecule has 3 saturated carbocycles. The van der Waals surface area contributed by atoms with E-state index in [1.54, 1.807) is 0 Å². The molecule has 18 heavy (non-hydrogen) atoms. The summed E-state index contributed by atoms with van der Waals surface area (Å²) in [6.07, 6.45) is 11.0. The van der Waals surface area contributed by atoms with E-state index in [1.807, 2.05) is 0 Å². The molecule has 0 aromatic rings. The Morgan fingerprint density at radius 1 is 1.11 bits per heavy atom. The third-order valence-corrected chi connectivity index (χ3v) is 5.09. The Morgan fingerprint density at radius 2 is 1.89 bits per heavy atom. The molecule has 3 atom stereocenters. The van der Waals surface area contributed by atoms with Crippen molar-refractivity contribution >= 4 is 29.9 Å². The van der Waals surface area contributed by atoms with Gasteiger partial charge in [0.25, 0.3) is 0 Å². The van der Waals surface area contributed by atoms with Crippen molar-refractivity contribution in [3.8, 4) is 0 Å². The number of nitrogens with zero attached hydrogens (tertiary/aromatic N) is 1. The molecule has 3 unspecified atom stereocenters. The first-order valence-corrected chi connectivity index (χ1v) is 7.37. The number of halogens is 1. The van der Waals surface area contributed by atoms with Gasteiger partial charge in [0.2, 0.25) is 0 Å². The molecule has 104 valence electrons. The van der Waals surface area contributed by atoms with Crippen molar-refractivity contribution in [2.24, 2.45) is 28.5 Å². The van der Waals surface area contributed by atoms with E-state index < -0.39 is 0 Å². The predicted octanol–water partition coefficient (Wildman–Crippen LogP) is 2.89. The van der Waals surface area contributed by atoms with Crippen molar-refractivity contribution in [3.05, 3.63) is 0 Å². The van der Waals surface area contributed by atoms with Crippen molar-refractivity contribution in [2.45, 2.75) is 57.4 Å². The average Bonchev–Trinajstić information content (AvgIpc) is 3.02. The lowest BCUT2D eigenvalue weighted by Crippen LogP contribution is -2.39. The Kier molecular flexibility index (Phi) is 5.15. The Morgan fingerprint density at radius 3 is 2.50 bits per heavy atom. The van der Waals surface area contributed by atoms with Crippen LogP contribution in [0.4, 0.5) is 0 Å². The zero-order valence-electron chi connectivity index (χ0n) is 11.1. The number of fused-ring (bicyclic) bond motifs is 2. The van der Waals surface area contributed by atoms with Crippen LogP contribution in [0.5, 0.6) is 0 Å². The number of guanidine groups is 1. The van der Waals surface area contributed by atoms with Gasteiger partial charge in [-0.2, -0.15) is 0 Å². The van der Waals surface area contributed by atoms with E-state index in [9.17, 15) is 0 Å². The maximum absolute atomic E-state index is 5.97. The maximum Gasteiger partial charge on any atom is 0.188 e. The highest BCUT2D eigenvalue weighted by Crippen LogP contribution is 2.48. The molecule has 3 nitrogen and oxygen atoms in total. The van der Waals surface area contributed by atoms with Crippen LogP contribution in [-0.2, 0) is 0 Å². The number of aliphatic imine (C=N–C) groups is 1. The van der Waals surface area contributed by atoms with Crippen LogP contribution in [0.1, 0.15) is 51.4 Å². The van der Waals surface area contributed by atoms with Gasteiger partial charge >= 0.3 is 0 Å². The zero-order chi connectivity index (χ0) is 11.7. The SMILES string of the molecule is I.NC(=NCC1CC2CCC1C2)NC1CCCC1. The summed E-state index contributed by atoms with van der Waals surface area (Å²) < 4.78 is 0. The molecule has 0 aliphatic heterocycles. The van der Waals surface area contributed by atoms with E-state index in [4.69, 9.17) is 5.73 Å². The van der Waals surface area contributed by atoms with Gasteiger partial charge in [-0.15, -0.1) is 24.0 Å². The molecule has 0 amide bonds. The molecule has 0 aromatic carbocycles. The van der Waals surface area contributed by atoms with Crippen LogP contribution in [0.3, 0.4) is 0 Å². The molecule has 3 rings (SSSR count). The second-order valence-electron chi connectivity index (χ2n) is 6.29. The second kappa shape index (κ2) is 6.44. The standard InChI is InChI=1S/C14H25N3.HI/c15-14(17-13-3-1-2-4-13)16-9-12-8-10-5-6-11(12)7-10;/h10-13H,1-9H2,(H3,15,16,17);1H. The monoisotopic (exact) mass is 363 g/mol. The molecule has 0 aromatic heterocycles. The highest BCUT2D eigenvalue weighted by molar-refractivity contribution is 14.0. The summed E-state index contributed by atoms with van der Waals surface area (Å²) >= 11 is 0. The highest BCUT2D eigenvalue weighted by atomic mass is 127. The Labute approximate surface area is 127 Å². The molecule has 0 radical (unpaired) electrons. The van der Waals surface area contributed by atoms with Gasteiger partial charge in [-0.05, 0) is 49.9 Å². The minimum atomic E-state index is 0. The Balaban J connectivity index is 0.00000120. The summed E-state index contributed by atoms with van der Waals surface area (Å²) in [7, 11) is 0. The van der Waals surface area contributed by atoms with Crippen LogP contribution in [0.25, 0.3) is 0 Å². The summed E-state index contributed by atoms with van der Waals surface area (Å²) in [5.41, 5.74) is 5.97. The fourth-order valence-corrected chi connectivity index (χ4v) is 4.14. The van der Waals surface area contributed by atoms with Gasteiger partial charge in [0, 0.05) is 12.6 Å². The molecule has 4 heteroatoms. The van der Waals surface area contributed by atoms with Gasteiger partial charge in [0.15, 0.2) is 5.96 Å². The summed E-state index contributed by atoms with van der Waals surface area (Å²) in [6.45, 7) is 0.965. The molecule has 0 heterocycles. The van der Waals surface area contributed by atoms with Crippen LogP contribution in [0, 0.1) is 17.8 Å². The summed E-state index contributed by atoms with van der Waals surface area (Å²) in [5.74, 6) is 3.50.